The van der Waals surface area contributed by atoms with Crippen molar-refractivity contribution in [2.75, 3.05) is 52.6 Å². The number of likely N-dealkylation sites (tertiary alicyclic amines) is 1. The Morgan fingerprint density at radius 1 is 0.852 bits per heavy atom. The molecular formula is C22H33N3O2. The quantitative estimate of drug-likeness (QED) is 0.794. The second kappa shape index (κ2) is 7.98. The van der Waals surface area contributed by atoms with Gasteiger partial charge in [0.1, 0.15) is 0 Å². The summed E-state index contributed by atoms with van der Waals surface area (Å²) in [4.78, 5) is 8.11. The number of benzene rings is 1. The third kappa shape index (κ3) is 4.10. The van der Waals surface area contributed by atoms with Crippen molar-refractivity contribution < 1.29 is 9.47 Å². The van der Waals surface area contributed by atoms with E-state index in [4.69, 9.17) is 9.47 Å². The Bertz CT molecular complexity index is 640. The zero-order chi connectivity index (χ0) is 18.1. The molecule has 4 aliphatic rings. The Kier molecular flexibility index (Phi) is 5.25. The summed E-state index contributed by atoms with van der Waals surface area (Å²) in [5, 5.41) is 0. The van der Waals surface area contributed by atoms with E-state index < -0.39 is 0 Å². The SMILES string of the molecule is c1cc2c(cc1CN1CCN([C@H]3CCCN(CC4CCC4)C3)CC1)OCO2. The van der Waals surface area contributed by atoms with Crippen molar-refractivity contribution in [3.8, 4) is 11.5 Å². The van der Waals surface area contributed by atoms with Crippen LogP contribution in [-0.2, 0) is 6.54 Å². The van der Waals surface area contributed by atoms with Crippen molar-refractivity contribution in [2.45, 2.75) is 44.7 Å². The standard InChI is InChI=1S/C22H33N3O2/c1-3-18(4-1)14-24-8-2-5-20(16-24)25-11-9-23(10-12-25)15-19-6-7-21-22(13-19)27-17-26-21/h6-7,13,18,20H,1-5,8-12,14-17H2/t20-/m0/s1. The number of hydrogen-bond acceptors (Lipinski definition) is 5. The molecule has 1 aliphatic carbocycles. The van der Waals surface area contributed by atoms with Gasteiger partial charge in [0.2, 0.25) is 6.79 Å². The van der Waals surface area contributed by atoms with Crippen molar-refractivity contribution in [3.63, 3.8) is 0 Å². The summed E-state index contributed by atoms with van der Waals surface area (Å²) in [7, 11) is 0. The Morgan fingerprint density at radius 2 is 1.70 bits per heavy atom. The Hall–Kier alpha value is -1.30. The molecule has 0 bridgehead atoms. The van der Waals surface area contributed by atoms with E-state index in [0.717, 1.165) is 30.0 Å². The molecule has 5 heteroatoms. The molecule has 5 rings (SSSR count). The highest BCUT2D eigenvalue weighted by atomic mass is 16.7. The molecule has 0 spiro atoms. The number of piperazine rings is 1. The molecule has 5 nitrogen and oxygen atoms in total. The summed E-state index contributed by atoms with van der Waals surface area (Å²) in [6, 6.07) is 7.16. The fourth-order valence-electron chi connectivity index (χ4n) is 5.12. The van der Waals surface area contributed by atoms with Gasteiger partial charge in [-0.2, -0.15) is 0 Å². The first-order valence-electron chi connectivity index (χ1n) is 10.9. The van der Waals surface area contributed by atoms with Gasteiger partial charge in [-0.25, -0.2) is 0 Å². The normalized spacial score (nSPS) is 27.6. The van der Waals surface area contributed by atoms with Crippen LogP contribution in [0.1, 0.15) is 37.7 Å². The lowest BCUT2D eigenvalue weighted by atomic mass is 9.84. The average molecular weight is 372 g/mol. The van der Waals surface area contributed by atoms with E-state index in [9.17, 15) is 0 Å². The topological polar surface area (TPSA) is 28.2 Å². The third-order valence-electron chi connectivity index (χ3n) is 6.99. The van der Waals surface area contributed by atoms with E-state index in [-0.39, 0.29) is 0 Å². The van der Waals surface area contributed by atoms with Crippen LogP contribution < -0.4 is 9.47 Å². The van der Waals surface area contributed by atoms with Crippen molar-refractivity contribution in [1.82, 2.24) is 14.7 Å². The zero-order valence-electron chi connectivity index (χ0n) is 16.4. The van der Waals surface area contributed by atoms with Gasteiger partial charge in [0.15, 0.2) is 11.5 Å². The van der Waals surface area contributed by atoms with Crippen molar-refractivity contribution >= 4 is 0 Å². The molecule has 0 radical (unpaired) electrons. The van der Waals surface area contributed by atoms with Crippen LogP contribution in [0, 0.1) is 5.92 Å². The summed E-state index contributed by atoms with van der Waals surface area (Å²) < 4.78 is 10.9. The first kappa shape index (κ1) is 17.8. The fourth-order valence-corrected chi connectivity index (χ4v) is 5.12. The summed E-state index contributed by atoms with van der Waals surface area (Å²) in [6.45, 7) is 10.1. The first-order valence-corrected chi connectivity index (χ1v) is 10.9. The fraction of sp³-hybridized carbons (Fsp3) is 0.727. The molecule has 2 saturated heterocycles. The Labute approximate surface area is 163 Å². The lowest BCUT2D eigenvalue weighted by molar-refractivity contribution is 0.0405. The molecule has 3 heterocycles. The van der Waals surface area contributed by atoms with Gasteiger partial charge in [-0.05, 0) is 55.8 Å². The van der Waals surface area contributed by atoms with Gasteiger partial charge in [-0.15, -0.1) is 0 Å². The number of nitrogens with zero attached hydrogens (tertiary/aromatic N) is 3. The van der Waals surface area contributed by atoms with Crippen molar-refractivity contribution in [2.24, 2.45) is 5.92 Å². The third-order valence-corrected chi connectivity index (χ3v) is 6.99. The molecule has 3 aliphatic heterocycles. The highest BCUT2D eigenvalue weighted by Gasteiger charge is 2.30. The highest BCUT2D eigenvalue weighted by molar-refractivity contribution is 5.44. The Morgan fingerprint density at radius 3 is 2.52 bits per heavy atom. The van der Waals surface area contributed by atoms with Crippen LogP contribution in [0.4, 0.5) is 0 Å². The van der Waals surface area contributed by atoms with E-state index in [1.165, 1.54) is 83.5 Å². The minimum absolute atomic E-state index is 0.358. The van der Waals surface area contributed by atoms with Gasteiger partial charge in [-0.3, -0.25) is 9.80 Å². The predicted octanol–water partition coefficient (Wildman–Crippen LogP) is 2.80. The van der Waals surface area contributed by atoms with Crippen LogP contribution in [0.25, 0.3) is 0 Å². The van der Waals surface area contributed by atoms with Gasteiger partial charge in [-0.1, -0.05) is 12.5 Å². The van der Waals surface area contributed by atoms with Crippen LogP contribution in [0.15, 0.2) is 18.2 Å². The molecule has 0 amide bonds. The van der Waals surface area contributed by atoms with Gasteiger partial charge in [0.05, 0.1) is 0 Å². The van der Waals surface area contributed by atoms with Crippen molar-refractivity contribution in [1.29, 1.82) is 0 Å². The van der Waals surface area contributed by atoms with Crippen LogP contribution in [0.5, 0.6) is 11.5 Å². The molecule has 0 aromatic heterocycles. The molecule has 1 aromatic rings. The number of fused-ring (bicyclic) bond motifs is 1. The molecule has 148 valence electrons. The van der Waals surface area contributed by atoms with E-state index in [1.807, 2.05) is 6.07 Å². The molecular weight excluding hydrogens is 338 g/mol. The summed E-state index contributed by atoms with van der Waals surface area (Å²) in [5.41, 5.74) is 1.33. The maximum atomic E-state index is 5.52. The van der Waals surface area contributed by atoms with E-state index >= 15 is 0 Å². The van der Waals surface area contributed by atoms with E-state index in [0.29, 0.717) is 6.79 Å². The van der Waals surface area contributed by atoms with Gasteiger partial charge in [0, 0.05) is 51.9 Å². The van der Waals surface area contributed by atoms with Crippen LogP contribution in [0.3, 0.4) is 0 Å². The molecule has 1 saturated carbocycles. The maximum absolute atomic E-state index is 5.52. The monoisotopic (exact) mass is 371 g/mol. The lowest BCUT2D eigenvalue weighted by Crippen LogP contribution is -2.55. The second-order valence-electron chi connectivity index (χ2n) is 8.85. The molecule has 27 heavy (non-hydrogen) atoms. The molecule has 0 unspecified atom stereocenters. The summed E-state index contributed by atoms with van der Waals surface area (Å²) >= 11 is 0. The first-order chi connectivity index (χ1) is 13.3. The van der Waals surface area contributed by atoms with Crippen LogP contribution in [0.2, 0.25) is 0 Å². The summed E-state index contributed by atoms with van der Waals surface area (Å²) in [6.07, 6.45) is 7.19. The largest absolute Gasteiger partial charge is 0.454 e. The van der Waals surface area contributed by atoms with Crippen LogP contribution >= 0.6 is 0 Å². The maximum Gasteiger partial charge on any atom is 0.231 e. The average Bonchev–Trinajstić information content (AvgIpc) is 3.13. The molecule has 3 fully saturated rings. The lowest BCUT2D eigenvalue weighted by Gasteiger charge is -2.44. The van der Waals surface area contributed by atoms with Crippen LogP contribution in [-0.4, -0.2) is 73.3 Å². The molecule has 1 aromatic carbocycles. The minimum atomic E-state index is 0.358. The number of hydrogen-bond donors (Lipinski definition) is 0. The number of ether oxygens (including phenoxy) is 2. The highest BCUT2D eigenvalue weighted by Crippen LogP contribution is 2.33. The van der Waals surface area contributed by atoms with E-state index in [2.05, 4.69) is 26.8 Å². The predicted molar refractivity (Wildman–Crippen MR) is 106 cm³/mol. The molecule has 1 atom stereocenters. The van der Waals surface area contributed by atoms with Crippen molar-refractivity contribution in [3.05, 3.63) is 23.8 Å². The second-order valence-corrected chi connectivity index (χ2v) is 8.85. The zero-order valence-corrected chi connectivity index (χ0v) is 16.4. The Balaban J connectivity index is 1.10. The van der Waals surface area contributed by atoms with E-state index in [1.54, 1.807) is 0 Å². The van der Waals surface area contributed by atoms with Gasteiger partial charge < -0.3 is 14.4 Å². The van der Waals surface area contributed by atoms with Gasteiger partial charge >= 0.3 is 0 Å². The smallest absolute Gasteiger partial charge is 0.231 e. The summed E-state index contributed by atoms with van der Waals surface area (Å²) in [5.74, 6) is 2.79. The van der Waals surface area contributed by atoms with Gasteiger partial charge in [0.25, 0.3) is 0 Å². The number of rotatable bonds is 5. The number of piperidine rings is 1. The molecule has 0 N–H and O–H groups in total. The minimum Gasteiger partial charge on any atom is -0.454 e.